The first-order chi connectivity index (χ1) is 6.36. The van der Waals surface area contributed by atoms with Gasteiger partial charge >= 0.3 is 0 Å². The van der Waals surface area contributed by atoms with Crippen LogP contribution in [0.1, 0.15) is 0 Å². The number of hydrogen-bond donors (Lipinski definition) is 0. The van der Waals surface area contributed by atoms with E-state index in [1.807, 2.05) is 30.3 Å². The van der Waals surface area contributed by atoms with Gasteiger partial charge in [0.1, 0.15) is 0 Å². The molecule has 0 atom stereocenters. The quantitative estimate of drug-likeness (QED) is 0.759. The number of benzene rings is 1. The molecule has 0 aliphatic heterocycles. The molecule has 13 heavy (non-hydrogen) atoms. The highest BCUT2D eigenvalue weighted by molar-refractivity contribution is 9.10. The topological polar surface area (TPSA) is 25.8 Å². The standard InChI is InChI=1S/C10H7BrN2/c11-9-4-2-8(3-5-9)10-12-6-1-7-13-10/h1-7H. The van der Waals surface area contributed by atoms with Crippen LogP contribution in [0, 0.1) is 0 Å². The van der Waals surface area contributed by atoms with Gasteiger partial charge in [0.05, 0.1) is 0 Å². The Kier molecular flexibility index (Phi) is 2.36. The van der Waals surface area contributed by atoms with Crippen LogP contribution in [0.3, 0.4) is 0 Å². The van der Waals surface area contributed by atoms with Gasteiger partial charge in [-0.2, -0.15) is 0 Å². The Morgan fingerprint density at radius 3 is 2.15 bits per heavy atom. The van der Waals surface area contributed by atoms with Crippen LogP contribution in [-0.4, -0.2) is 9.97 Å². The maximum atomic E-state index is 4.15. The second-order valence-electron chi connectivity index (χ2n) is 2.58. The zero-order chi connectivity index (χ0) is 9.10. The molecule has 0 radical (unpaired) electrons. The van der Waals surface area contributed by atoms with E-state index in [-0.39, 0.29) is 0 Å². The van der Waals surface area contributed by atoms with Crippen molar-refractivity contribution in [2.75, 3.05) is 0 Å². The normalized spacial score (nSPS) is 9.92. The summed E-state index contributed by atoms with van der Waals surface area (Å²) >= 11 is 3.38. The Balaban J connectivity index is 2.42. The van der Waals surface area contributed by atoms with Gasteiger partial charge in [-0.15, -0.1) is 0 Å². The van der Waals surface area contributed by atoms with Crippen LogP contribution < -0.4 is 0 Å². The van der Waals surface area contributed by atoms with E-state index in [1.54, 1.807) is 12.4 Å². The summed E-state index contributed by atoms with van der Waals surface area (Å²) in [7, 11) is 0. The van der Waals surface area contributed by atoms with Crippen molar-refractivity contribution in [2.45, 2.75) is 0 Å². The van der Waals surface area contributed by atoms with E-state index in [0.717, 1.165) is 15.9 Å². The molecule has 1 aromatic carbocycles. The van der Waals surface area contributed by atoms with Crippen molar-refractivity contribution in [1.82, 2.24) is 9.97 Å². The van der Waals surface area contributed by atoms with Gasteiger partial charge in [-0.25, -0.2) is 9.97 Å². The highest BCUT2D eigenvalue weighted by Gasteiger charge is 1.97. The molecule has 64 valence electrons. The van der Waals surface area contributed by atoms with E-state index in [9.17, 15) is 0 Å². The second-order valence-corrected chi connectivity index (χ2v) is 3.49. The lowest BCUT2D eigenvalue weighted by Crippen LogP contribution is -1.85. The van der Waals surface area contributed by atoms with Crippen molar-refractivity contribution in [2.24, 2.45) is 0 Å². The van der Waals surface area contributed by atoms with Crippen molar-refractivity contribution in [3.63, 3.8) is 0 Å². The Morgan fingerprint density at radius 1 is 0.923 bits per heavy atom. The average molecular weight is 235 g/mol. The maximum Gasteiger partial charge on any atom is 0.159 e. The summed E-state index contributed by atoms with van der Waals surface area (Å²) < 4.78 is 1.06. The smallest absolute Gasteiger partial charge is 0.159 e. The van der Waals surface area contributed by atoms with E-state index < -0.39 is 0 Å². The highest BCUT2D eigenvalue weighted by atomic mass is 79.9. The third-order valence-corrected chi connectivity index (χ3v) is 2.20. The monoisotopic (exact) mass is 234 g/mol. The first-order valence-electron chi connectivity index (χ1n) is 3.89. The van der Waals surface area contributed by atoms with Gasteiger partial charge in [0.15, 0.2) is 5.82 Å². The summed E-state index contributed by atoms with van der Waals surface area (Å²) in [6.07, 6.45) is 3.48. The Hall–Kier alpha value is -1.22. The van der Waals surface area contributed by atoms with Gasteiger partial charge in [-0.1, -0.05) is 28.1 Å². The Bertz CT molecular complexity index is 383. The largest absolute Gasteiger partial charge is 0.237 e. The summed E-state index contributed by atoms with van der Waals surface area (Å²) in [6.45, 7) is 0. The minimum atomic E-state index is 0.759. The summed E-state index contributed by atoms with van der Waals surface area (Å²) in [5.41, 5.74) is 1.03. The molecule has 0 aliphatic rings. The summed E-state index contributed by atoms with van der Waals surface area (Å²) in [4.78, 5) is 8.30. The third kappa shape index (κ3) is 1.92. The summed E-state index contributed by atoms with van der Waals surface area (Å²) in [6, 6.07) is 9.73. The van der Waals surface area contributed by atoms with E-state index in [2.05, 4.69) is 25.9 Å². The lowest BCUT2D eigenvalue weighted by molar-refractivity contribution is 1.18. The molecule has 0 aliphatic carbocycles. The molecule has 0 saturated heterocycles. The van der Waals surface area contributed by atoms with Crippen molar-refractivity contribution in [3.8, 4) is 11.4 Å². The van der Waals surface area contributed by atoms with Crippen LogP contribution in [0.15, 0.2) is 47.2 Å². The lowest BCUT2D eigenvalue weighted by Gasteiger charge is -1.97. The molecule has 0 saturated carbocycles. The van der Waals surface area contributed by atoms with Crippen molar-refractivity contribution in [3.05, 3.63) is 47.2 Å². The molecule has 2 aromatic rings. The maximum absolute atomic E-state index is 4.15. The number of aromatic nitrogens is 2. The number of halogens is 1. The fraction of sp³-hybridized carbons (Fsp3) is 0. The van der Waals surface area contributed by atoms with Crippen LogP contribution in [0.2, 0.25) is 0 Å². The zero-order valence-corrected chi connectivity index (χ0v) is 8.40. The first kappa shape index (κ1) is 8.38. The van der Waals surface area contributed by atoms with Crippen molar-refractivity contribution in [1.29, 1.82) is 0 Å². The second kappa shape index (κ2) is 3.66. The molecule has 2 nitrogen and oxygen atoms in total. The van der Waals surface area contributed by atoms with E-state index in [0.29, 0.717) is 0 Å². The van der Waals surface area contributed by atoms with Crippen LogP contribution >= 0.6 is 15.9 Å². The molecular weight excluding hydrogens is 228 g/mol. The fourth-order valence-corrected chi connectivity index (χ4v) is 1.31. The van der Waals surface area contributed by atoms with Gasteiger partial charge in [-0.05, 0) is 18.2 Å². The van der Waals surface area contributed by atoms with E-state index >= 15 is 0 Å². The molecule has 0 unspecified atom stereocenters. The summed E-state index contributed by atoms with van der Waals surface area (Å²) in [5.74, 6) is 0.759. The number of nitrogens with zero attached hydrogens (tertiary/aromatic N) is 2. The van der Waals surface area contributed by atoms with Gasteiger partial charge in [0, 0.05) is 22.4 Å². The molecule has 1 heterocycles. The van der Waals surface area contributed by atoms with Crippen LogP contribution in [0.4, 0.5) is 0 Å². The van der Waals surface area contributed by atoms with Gasteiger partial charge < -0.3 is 0 Å². The molecule has 3 heteroatoms. The van der Waals surface area contributed by atoms with E-state index in [1.165, 1.54) is 0 Å². The van der Waals surface area contributed by atoms with Crippen LogP contribution in [0.25, 0.3) is 11.4 Å². The minimum Gasteiger partial charge on any atom is -0.237 e. The van der Waals surface area contributed by atoms with Gasteiger partial charge in [0.25, 0.3) is 0 Å². The predicted octanol–water partition coefficient (Wildman–Crippen LogP) is 2.91. The van der Waals surface area contributed by atoms with Gasteiger partial charge in [-0.3, -0.25) is 0 Å². The Labute approximate surface area is 84.8 Å². The lowest BCUT2D eigenvalue weighted by atomic mass is 10.2. The van der Waals surface area contributed by atoms with E-state index in [4.69, 9.17) is 0 Å². The van der Waals surface area contributed by atoms with Crippen molar-refractivity contribution >= 4 is 15.9 Å². The number of rotatable bonds is 1. The summed E-state index contributed by atoms with van der Waals surface area (Å²) in [5, 5.41) is 0. The average Bonchev–Trinajstić information content (AvgIpc) is 2.20. The first-order valence-corrected chi connectivity index (χ1v) is 4.68. The third-order valence-electron chi connectivity index (χ3n) is 1.67. The molecular formula is C10H7BrN2. The minimum absolute atomic E-state index is 0.759. The molecule has 0 fully saturated rings. The molecule has 1 aromatic heterocycles. The molecule has 0 bridgehead atoms. The Morgan fingerprint density at radius 2 is 1.54 bits per heavy atom. The predicted molar refractivity (Wildman–Crippen MR) is 55.2 cm³/mol. The van der Waals surface area contributed by atoms with Crippen molar-refractivity contribution < 1.29 is 0 Å². The van der Waals surface area contributed by atoms with Crippen LogP contribution in [-0.2, 0) is 0 Å². The molecule has 2 rings (SSSR count). The van der Waals surface area contributed by atoms with Gasteiger partial charge in [0.2, 0.25) is 0 Å². The number of hydrogen-bond acceptors (Lipinski definition) is 2. The molecule has 0 spiro atoms. The molecule has 0 N–H and O–H groups in total. The highest BCUT2D eigenvalue weighted by Crippen LogP contribution is 2.17. The molecule has 0 amide bonds. The van der Waals surface area contributed by atoms with Crippen LogP contribution in [0.5, 0.6) is 0 Å². The SMILES string of the molecule is Brc1ccc(-c2ncccn2)cc1. The fourth-order valence-electron chi connectivity index (χ4n) is 1.05. The zero-order valence-electron chi connectivity index (χ0n) is 6.81.